The van der Waals surface area contributed by atoms with Crippen LogP contribution in [0.3, 0.4) is 0 Å². The Morgan fingerprint density at radius 3 is 2.50 bits per heavy atom. The molecule has 1 fully saturated rings. The van der Waals surface area contributed by atoms with Crippen molar-refractivity contribution in [2.45, 2.75) is 18.9 Å². The lowest BCUT2D eigenvalue weighted by Crippen LogP contribution is -2.37. The minimum absolute atomic E-state index is 0.205. The quantitative estimate of drug-likeness (QED) is 0.724. The van der Waals surface area contributed by atoms with Crippen LogP contribution in [-0.2, 0) is 4.79 Å². The molecule has 1 heterocycles. The van der Waals surface area contributed by atoms with Gasteiger partial charge in [-0.15, -0.1) is 0 Å². The number of benzene rings is 1. The van der Waals surface area contributed by atoms with Crippen LogP contribution in [0, 0.1) is 0 Å². The van der Waals surface area contributed by atoms with E-state index in [9.17, 15) is 9.90 Å². The fourth-order valence-corrected chi connectivity index (χ4v) is 1.68. The van der Waals surface area contributed by atoms with Gasteiger partial charge in [0.15, 0.2) is 0 Å². The monoisotopic (exact) mass is 191 g/mol. The van der Waals surface area contributed by atoms with Gasteiger partial charge in [-0.3, -0.25) is 4.79 Å². The Hall–Kier alpha value is -1.35. The van der Waals surface area contributed by atoms with Gasteiger partial charge in [-0.1, -0.05) is 18.2 Å². The van der Waals surface area contributed by atoms with E-state index in [1.165, 1.54) is 0 Å². The highest BCUT2D eigenvalue weighted by molar-refractivity contribution is 6.01. The van der Waals surface area contributed by atoms with Crippen LogP contribution >= 0.6 is 0 Å². The Morgan fingerprint density at radius 2 is 2.00 bits per heavy atom. The first-order valence-corrected chi connectivity index (χ1v) is 4.71. The van der Waals surface area contributed by atoms with Gasteiger partial charge in [0.1, 0.15) is 5.60 Å². The zero-order chi connectivity index (χ0) is 10.2. The van der Waals surface area contributed by atoms with E-state index in [0.29, 0.717) is 13.0 Å². The lowest BCUT2D eigenvalue weighted by Gasteiger charge is -2.18. The maximum absolute atomic E-state index is 11.7. The second-order valence-corrected chi connectivity index (χ2v) is 3.82. The molecule has 1 N–H and O–H groups in total. The lowest BCUT2D eigenvalue weighted by molar-refractivity contribution is -0.131. The molecular formula is C11H13NO2. The number of anilines is 1. The molecule has 0 spiro atoms. The zero-order valence-electron chi connectivity index (χ0n) is 8.10. The Labute approximate surface area is 83.0 Å². The minimum atomic E-state index is -1.18. The highest BCUT2D eigenvalue weighted by Gasteiger charge is 2.41. The van der Waals surface area contributed by atoms with Crippen LogP contribution in [0.5, 0.6) is 0 Å². The van der Waals surface area contributed by atoms with Gasteiger partial charge in [0.05, 0.1) is 0 Å². The molecule has 1 aromatic carbocycles. The molecule has 1 aromatic rings. The van der Waals surface area contributed by atoms with Crippen molar-refractivity contribution in [2.24, 2.45) is 0 Å². The van der Waals surface area contributed by atoms with E-state index in [1.807, 2.05) is 30.3 Å². The van der Waals surface area contributed by atoms with Crippen LogP contribution < -0.4 is 4.90 Å². The predicted molar refractivity (Wildman–Crippen MR) is 54.0 cm³/mol. The van der Waals surface area contributed by atoms with Crippen molar-refractivity contribution in [3.05, 3.63) is 30.3 Å². The van der Waals surface area contributed by atoms with Gasteiger partial charge in [-0.05, 0) is 19.1 Å². The van der Waals surface area contributed by atoms with Crippen molar-refractivity contribution in [2.75, 3.05) is 11.4 Å². The summed E-state index contributed by atoms with van der Waals surface area (Å²) < 4.78 is 0. The Balaban J connectivity index is 2.27. The van der Waals surface area contributed by atoms with Gasteiger partial charge in [0.2, 0.25) is 0 Å². The summed E-state index contributed by atoms with van der Waals surface area (Å²) in [6.07, 6.45) is 0.501. The SMILES string of the molecule is CC1(O)CCN(c2ccccc2)C1=O. The molecular weight excluding hydrogens is 178 g/mol. The number of hydrogen-bond acceptors (Lipinski definition) is 2. The van der Waals surface area contributed by atoms with Crippen molar-refractivity contribution in [1.29, 1.82) is 0 Å². The molecule has 1 aliphatic heterocycles. The van der Waals surface area contributed by atoms with Gasteiger partial charge in [-0.2, -0.15) is 0 Å². The number of nitrogens with zero attached hydrogens (tertiary/aromatic N) is 1. The van der Waals surface area contributed by atoms with Crippen molar-refractivity contribution in [1.82, 2.24) is 0 Å². The molecule has 1 aliphatic rings. The summed E-state index contributed by atoms with van der Waals surface area (Å²) in [6, 6.07) is 9.42. The summed E-state index contributed by atoms with van der Waals surface area (Å²) in [5.41, 5.74) is -0.328. The summed E-state index contributed by atoms with van der Waals surface area (Å²) in [7, 11) is 0. The first-order valence-electron chi connectivity index (χ1n) is 4.71. The highest BCUT2D eigenvalue weighted by atomic mass is 16.3. The minimum Gasteiger partial charge on any atom is -0.380 e. The molecule has 3 heteroatoms. The molecule has 74 valence electrons. The molecule has 0 bridgehead atoms. The Morgan fingerprint density at radius 1 is 1.36 bits per heavy atom. The fraction of sp³-hybridized carbons (Fsp3) is 0.364. The molecule has 1 atom stereocenters. The van der Waals surface area contributed by atoms with E-state index in [-0.39, 0.29) is 5.91 Å². The number of rotatable bonds is 1. The maximum Gasteiger partial charge on any atom is 0.258 e. The average molecular weight is 191 g/mol. The van der Waals surface area contributed by atoms with Gasteiger partial charge in [0, 0.05) is 18.7 Å². The molecule has 3 nitrogen and oxygen atoms in total. The maximum atomic E-state index is 11.7. The Bertz CT molecular complexity index is 346. The molecule has 0 radical (unpaired) electrons. The van der Waals surface area contributed by atoms with Crippen molar-refractivity contribution in [3.8, 4) is 0 Å². The van der Waals surface area contributed by atoms with E-state index in [1.54, 1.807) is 11.8 Å². The summed E-state index contributed by atoms with van der Waals surface area (Å²) in [5.74, 6) is -0.205. The van der Waals surface area contributed by atoms with Crippen LogP contribution in [-0.4, -0.2) is 23.2 Å². The number of aliphatic hydroxyl groups is 1. The van der Waals surface area contributed by atoms with Crippen molar-refractivity contribution < 1.29 is 9.90 Å². The van der Waals surface area contributed by atoms with Crippen LogP contribution in [0.15, 0.2) is 30.3 Å². The Kier molecular flexibility index (Phi) is 2.04. The first kappa shape index (κ1) is 9.21. The van der Waals surface area contributed by atoms with Gasteiger partial charge >= 0.3 is 0 Å². The third-order valence-corrected chi connectivity index (χ3v) is 2.60. The molecule has 1 saturated heterocycles. The smallest absolute Gasteiger partial charge is 0.258 e. The molecule has 1 unspecified atom stereocenters. The number of carbonyl (C=O) groups is 1. The number of amides is 1. The fourth-order valence-electron chi connectivity index (χ4n) is 1.68. The standard InChI is InChI=1S/C11H13NO2/c1-11(14)7-8-12(10(11)13)9-5-3-2-4-6-9/h2-6,14H,7-8H2,1H3. The van der Waals surface area contributed by atoms with Gasteiger partial charge in [-0.25, -0.2) is 0 Å². The molecule has 0 aliphatic carbocycles. The van der Waals surface area contributed by atoms with Crippen LogP contribution in [0.1, 0.15) is 13.3 Å². The third-order valence-electron chi connectivity index (χ3n) is 2.60. The van der Waals surface area contributed by atoms with Crippen molar-refractivity contribution >= 4 is 11.6 Å². The summed E-state index contributed by atoms with van der Waals surface area (Å²) in [6.45, 7) is 2.16. The lowest BCUT2D eigenvalue weighted by atomic mass is 10.1. The number of para-hydroxylation sites is 1. The largest absolute Gasteiger partial charge is 0.380 e. The van der Waals surface area contributed by atoms with E-state index in [4.69, 9.17) is 0 Å². The average Bonchev–Trinajstić information content (AvgIpc) is 2.44. The molecule has 14 heavy (non-hydrogen) atoms. The topological polar surface area (TPSA) is 40.5 Å². The molecule has 0 aromatic heterocycles. The van der Waals surface area contributed by atoms with Crippen LogP contribution in [0.4, 0.5) is 5.69 Å². The van der Waals surface area contributed by atoms with E-state index in [0.717, 1.165) is 5.69 Å². The van der Waals surface area contributed by atoms with E-state index < -0.39 is 5.60 Å². The number of hydrogen-bond donors (Lipinski definition) is 1. The third kappa shape index (κ3) is 1.40. The highest BCUT2D eigenvalue weighted by Crippen LogP contribution is 2.27. The summed E-state index contributed by atoms with van der Waals surface area (Å²) in [4.78, 5) is 13.3. The predicted octanol–water partition coefficient (Wildman–Crippen LogP) is 1.17. The zero-order valence-corrected chi connectivity index (χ0v) is 8.10. The van der Waals surface area contributed by atoms with Crippen LogP contribution in [0.2, 0.25) is 0 Å². The molecule has 0 saturated carbocycles. The van der Waals surface area contributed by atoms with Gasteiger partial charge in [0.25, 0.3) is 5.91 Å². The second-order valence-electron chi connectivity index (χ2n) is 3.82. The van der Waals surface area contributed by atoms with Crippen LogP contribution in [0.25, 0.3) is 0 Å². The van der Waals surface area contributed by atoms with Gasteiger partial charge < -0.3 is 10.0 Å². The van der Waals surface area contributed by atoms with Crippen molar-refractivity contribution in [3.63, 3.8) is 0 Å². The van der Waals surface area contributed by atoms with E-state index >= 15 is 0 Å². The summed E-state index contributed by atoms with van der Waals surface area (Å²) in [5, 5.41) is 9.70. The normalized spacial score (nSPS) is 27.0. The first-order chi connectivity index (χ1) is 6.61. The number of carbonyl (C=O) groups excluding carboxylic acids is 1. The second kappa shape index (κ2) is 3.10. The molecule has 2 rings (SSSR count). The van der Waals surface area contributed by atoms with E-state index in [2.05, 4.69) is 0 Å². The summed E-state index contributed by atoms with van der Waals surface area (Å²) >= 11 is 0. The molecule has 1 amide bonds.